The van der Waals surface area contributed by atoms with Crippen LogP contribution in [0.15, 0.2) is 72.8 Å². The van der Waals surface area contributed by atoms with Gasteiger partial charge in [-0.15, -0.1) is 0 Å². The summed E-state index contributed by atoms with van der Waals surface area (Å²) >= 11 is 0. The average molecular weight is 393 g/mol. The van der Waals surface area contributed by atoms with Crippen molar-refractivity contribution in [1.82, 2.24) is 19.5 Å². The predicted octanol–water partition coefficient (Wildman–Crippen LogP) is 6.24. The number of nitrogens with zero attached hydrogens (tertiary/aromatic N) is 4. The first-order valence-corrected chi connectivity index (χ1v) is 10.2. The van der Waals surface area contributed by atoms with Crippen LogP contribution in [-0.4, -0.2) is 19.5 Å². The average Bonchev–Trinajstić information content (AvgIpc) is 3.10. The van der Waals surface area contributed by atoms with Crippen molar-refractivity contribution in [1.29, 1.82) is 0 Å². The first-order chi connectivity index (χ1) is 14.4. The largest absolute Gasteiger partial charge is 0.275 e. The van der Waals surface area contributed by atoms with E-state index in [4.69, 9.17) is 15.0 Å². The van der Waals surface area contributed by atoms with Crippen molar-refractivity contribution in [3.8, 4) is 17.1 Å². The molecule has 0 saturated carbocycles. The Morgan fingerprint density at radius 2 is 1.43 bits per heavy atom. The van der Waals surface area contributed by atoms with Crippen LogP contribution in [0, 0.1) is 6.92 Å². The number of aromatic nitrogens is 4. The Labute approximate surface area is 176 Å². The lowest BCUT2D eigenvalue weighted by atomic mass is 9.87. The molecular weight excluding hydrogens is 368 g/mol. The molecule has 0 radical (unpaired) electrons. The molecule has 3 aromatic carbocycles. The quantitative estimate of drug-likeness (QED) is 0.357. The number of rotatable bonds is 2. The zero-order valence-corrected chi connectivity index (χ0v) is 17.7. The number of benzene rings is 3. The number of aryl methyl sites for hydroxylation is 1. The van der Waals surface area contributed by atoms with E-state index >= 15 is 0 Å². The number of fused-ring (bicyclic) bond motifs is 2. The summed E-state index contributed by atoms with van der Waals surface area (Å²) in [6.07, 6.45) is 0. The molecule has 0 spiro atoms. The Morgan fingerprint density at radius 3 is 2.10 bits per heavy atom. The highest BCUT2D eigenvalue weighted by atomic mass is 15.2. The summed E-state index contributed by atoms with van der Waals surface area (Å²) in [7, 11) is 0. The Morgan fingerprint density at radius 1 is 0.733 bits per heavy atom. The maximum Gasteiger partial charge on any atom is 0.199 e. The van der Waals surface area contributed by atoms with Gasteiger partial charge in [0.15, 0.2) is 11.3 Å². The van der Waals surface area contributed by atoms with Gasteiger partial charge in [-0.25, -0.2) is 15.0 Å². The molecule has 0 amide bonds. The second kappa shape index (κ2) is 6.77. The van der Waals surface area contributed by atoms with E-state index in [-0.39, 0.29) is 5.41 Å². The van der Waals surface area contributed by atoms with Crippen LogP contribution in [0.25, 0.3) is 39.4 Å². The second-order valence-corrected chi connectivity index (χ2v) is 8.80. The van der Waals surface area contributed by atoms with Gasteiger partial charge in [-0.2, -0.15) is 0 Å². The smallest absolute Gasteiger partial charge is 0.199 e. The number of hydrogen-bond donors (Lipinski definition) is 0. The highest BCUT2D eigenvalue weighted by Gasteiger charge is 2.19. The van der Waals surface area contributed by atoms with E-state index in [1.165, 1.54) is 11.1 Å². The molecule has 2 aromatic heterocycles. The molecule has 0 aliphatic heterocycles. The number of imidazole rings is 1. The lowest BCUT2D eigenvalue weighted by molar-refractivity contribution is 0.590. The molecule has 0 unspecified atom stereocenters. The van der Waals surface area contributed by atoms with E-state index in [9.17, 15) is 0 Å². The fourth-order valence-electron chi connectivity index (χ4n) is 3.78. The van der Waals surface area contributed by atoms with Crippen LogP contribution >= 0.6 is 0 Å². The van der Waals surface area contributed by atoms with E-state index in [1.54, 1.807) is 0 Å². The van der Waals surface area contributed by atoms with Crippen molar-refractivity contribution < 1.29 is 0 Å². The Balaban J connectivity index is 1.80. The topological polar surface area (TPSA) is 43.6 Å². The molecule has 4 nitrogen and oxygen atoms in total. The molecule has 30 heavy (non-hydrogen) atoms. The molecule has 0 aliphatic carbocycles. The van der Waals surface area contributed by atoms with Crippen LogP contribution in [0.2, 0.25) is 0 Å². The molecule has 148 valence electrons. The third-order valence-electron chi connectivity index (χ3n) is 5.44. The molecule has 4 heteroatoms. The Kier molecular flexibility index (Phi) is 4.17. The van der Waals surface area contributed by atoms with Gasteiger partial charge < -0.3 is 0 Å². The minimum absolute atomic E-state index is 0.107. The van der Waals surface area contributed by atoms with Gasteiger partial charge in [0.1, 0.15) is 5.82 Å². The highest BCUT2D eigenvalue weighted by molar-refractivity contribution is 5.86. The lowest BCUT2D eigenvalue weighted by Gasteiger charge is -2.19. The molecule has 0 saturated heterocycles. The first kappa shape index (κ1) is 18.5. The van der Waals surface area contributed by atoms with Crippen molar-refractivity contribution >= 4 is 22.3 Å². The zero-order valence-electron chi connectivity index (χ0n) is 17.7. The Bertz CT molecular complexity index is 1370. The van der Waals surface area contributed by atoms with E-state index in [1.807, 2.05) is 24.3 Å². The summed E-state index contributed by atoms with van der Waals surface area (Å²) in [5, 5.41) is 0. The van der Waals surface area contributed by atoms with Gasteiger partial charge in [0.25, 0.3) is 0 Å². The molecule has 2 heterocycles. The predicted molar refractivity (Wildman–Crippen MR) is 123 cm³/mol. The second-order valence-electron chi connectivity index (χ2n) is 8.80. The molecule has 0 N–H and O–H groups in total. The van der Waals surface area contributed by atoms with Crippen LogP contribution in [0.4, 0.5) is 0 Å². The van der Waals surface area contributed by atoms with Crippen molar-refractivity contribution in [3.05, 3.63) is 83.9 Å². The number of para-hydroxylation sites is 2. The molecule has 0 atom stereocenters. The molecule has 5 rings (SSSR count). The van der Waals surface area contributed by atoms with Crippen LogP contribution < -0.4 is 0 Å². The zero-order chi connectivity index (χ0) is 20.9. The highest BCUT2D eigenvalue weighted by Crippen LogP contribution is 2.30. The maximum absolute atomic E-state index is 4.92. The lowest BCUT2D eigenvalue weighted by Crippen LogP contribution is -2.10. The van der Waals surface area contributed by atoms with Crippen molar-refractivity contribution in [3.63, 3.8) is 0 Å². The fraction of sp³-hybridized carbons (Fsp3) is 0.192. The van der Waals surface area contributed by atoms with E-state index in [0.717, 1.165) is 33.8 Å². The minimum Gasteiger partial charge on any atom is -0.275 e. The van der Waals surface area contributed by atoms with Gasteiger partial charge in [0, 0.05) is 11.3 Å². The fourth-order valence-corrected chi connectivity index (χ4v) is 3.78. The SMILES string of the molecule is Cc1cccc(-n2c(-c3ccc(C(C)(C)C)cc3)nc3nc4ccccc4nc32)c1. The molecular formula is C26H24N4. The third kappa shape index (κ3) is 3.14. The number of hydrogen-bond acceptors (Lipinski definition) is 3. The van der Waals surface area contributed by atoms with Gasteiger partial charge in [0.05, 0.1) is 11.0 Å². The van der Waals surface area contributed by atoms with Gasteiger partial charge in [0.2, 0.25) is 0 Å². The summed E-state index contributed by atoms with van der Waals surface area (Å²) < 4.78 is 2.12. The molecule has 0 bridgehead atoms. The van der Waals surface area contributed by atoms with E-state index in [0.29, 0.717) is 5.65 Å². The summed E-state index contributed by atoms with van der Waals surface area (Å²) in [6, 6.07) is 25.0. The third-order valence-corrected chi connectivity index (χ3v) is 5.44. The molecule has 0 aliphatic rings. The van der Waals surface area contributed by atoms with Crippen molar-refractivity contribution in [2.45, 2.75) is 33.1 Å². The summed E-state index contributed by atoms with van der Waals surface area (Å²) in [6.45, 7) is 8.78. The normalized spacial score (nSPS) is 12.0. The first-order valence-electron chi connectivity index (χ1n) is 10.2. The van der Waals surface area contributed by atoms with Gasteiger partial charge in [-0.05, 0) is 47.7 Å². The van der Waals surface area contributed by atoms with Crippen LogP contribution in [-0.2, 0) is 5.41 Å². The van der Waals surface area contributed by atoms with Gasteiger partial charge in [-0.3, -0.25) is 4.57 Å². The Hall–Kier alpha value is -3.53. The van der Waals surface area contributed by atoms with Gasteiger partial charge >= 0.3 is 0 Å². The van der Waals surface area contributed by atoms with Crippen molar-refractivity contribution in [2.24, 2.45) is 0 Å². The van der Waals surface area contributed by atoms with Gasteiger partial charge in [-0.1, -0.05) is 69.3 Å². The summed E-state index contributed by atoms with van der Waals surface area (Å²) in [4.78, 5) is 14.6. The monoisotopic (exact) mass is 392 g/mol. The minimum atomic E-state index is 0.107. The summed E-state index contributed by atoms with van der Waals surface area (Å²) in [5.41, 5.74) is 7.84. The standard InChI is InChI=1S/C26H24N4/c1-17-8-7-9-20(16-17)30-24(18-12-14-19(15-13-18)26(2,3)4)29-23-25(30)28-22-11-6-5-10-21(22)27-23/h5-16H,1-4H3. The van der Waals surface area contributed by atoms with E-state index < -0.39 is 0 Å². The van der Waals surface area contributed by atoms with E-state index in [2.05, 4.69) is 80.8 Å². The molecule has 0 fully saturated rings. The summed E-state index contributed by atoms with van der Waals surface area (Å²) in [5.74, 6) is 0.853. The van der Waals surface area contributed by atoms with Crippen LogP contribution in [0.3, 0.4) is 0 Å². The van der Waals surface area contributed by atoms with Crippen LogP contribution in [0.1, 0.15) is 31.9 Å². The maximum atomic E-state index is 4.92. The molecule has 5 aromatic rings. The van der Waals surface area contributed by atoms with Crippen molar-refractivity contribution in [2.75, 3.05) is 0 Å². The van der Waals surface area contributed by atoms with Crippen LogP contribution in [0.5, 0.6) is 0 Å².